The van der Waals surface area contributed by atoms with Gasteiger partial charge in [0.2, 0.25) is 10.0 Å². The quantitative estimate of drug-likeness (QED) is 0.586. The molecule has 162 valence electrons. The number of hydrogen-bond donors (Lipinski definition) is 2. The Labute approximate surface area is 181 Å². The van der Waals surface area contributed by atoms with Gasteiger partial charge in [-0.15, -0.1) is 0 Å². The van der Waals surface area contributed by atoms with E-state index in [1.807, 2.05) is 24.3 Å². The summed E-state index contributed by atoms with van der Waals surface area (Å²) >= 11 is 0. The summed E-state index contributed by atoms with van der Waals surface area (Å²) in [5, 5.41) is 0.822. The smallest absolute Gasteiger partial charge is 0.209 e. The molecule has 0 radical (unpaired) electrons. The first-order valence-electron chi connectivity index (χ1n) is 10.5. The van der Waals surface area contributed by atoms with Crippen molar-refractivity contribution in [2.24, 2.45) is 5.92 Å². The van der Waals surface area contributed by atoms with Gasteiger partial charge in [0.05, 0.1) is 11.6 Å². The van der Waals surface area contributed by atoms with E-state index in [0.29, 0.717) is 11.7 Å². The monoisotopic (exact) mass is 438 g/mol. The summed E-state index contributed by atoms with van der Waals surface area (Å²) in [6.07, 6.45) is 9.38. The molecule has 5 rings (SSSR count). The van der Waals surface area contributed by atoms with E-state index in [4.69, 9.17) is 5.73 Å². The Balaban J connectivity index is 1.49. The number of sulfonamides is 1. The van der Waals surface area contributed by atoms with Crippen LogP contribution in [0, 0.1) is 5.92 Å². The maximum atomic E-state index is 11.5. The lowest BCUT2D eigenvalue weighted by atomic mass is 9.89. The molecule has 3 N–H and O–H groups in total. The molecule has 3 heterocycles. The van der Waals surface area contributed by atoms with Gasteiger partial charge in [-0.3, -0.25) is 0 Å². The minimum atomic E-state index is -3.26. The van der Waals surface area contributed by atoms with E-state index in [-0.39, 0.29) is 6.54 Å². The lowest BCUT2D eigenvalue weighted by Crippen LogP contribution is -2.41. The Hall–Kier alpha value is -2.75. The van der Waals surface area contributed by atoms with Crippen LogP contribution in [0.1, 0.15) is 18.4 Å². The number of nitrogens with two attached hydrogens (primary N) is 1. The highest BCUT2D eigenvalue weighted by Crippen LogP contribution is 2.39. The summed E-state index contributed by atoms with van der Waals surface area (Å²) in [6, 6.07) is 7.79. The molecule has 31 heavy (non-hydrogen) atoms. The first-order chi connectivity index (χ1) is 14.9. The van der Waals surface area contributed by atoms with Crippen molar-refractivity contribution in [2.45, 2.75) is 19.4 Å². The van der Waals surface area contributed by atoms with Crippen molar-refractivity contribution < 1.29 is 8.42 Å². The minimum Gasteiger partial charge on any atom is -0.383 e. The third-order valence-corrected chi connectivity index (χ3v) is 6.71. The fourth-order valence-corrected chi connectivity index (χ4v) is 4.71. The Morgan fingerprint density at radius 2 is 2.06 bits per heavy atom. The maximum Gasteiger partial charge on any atom is 0.209 e. The van der Waals surface area contributed by atoms with Crippen molar-refractivity contribution in [2.75, 3.05) is 31.6 Å². The zero-order valence-electron chi connectivity index (χ0n) is 17.5. The first-order valence-corrected chi connectivity index (χ1v) is 12.4. The number of hydrogen-bond acceptors (Lipinski definition) is 6. The van der Waals surface area contributed by atoms with E-state index >= 15 is 0 Å². The number of anilines is 1. The van der Waals surface area contributed by atoms with Crippen LogP contribution in [0.5, 0.6) is 0 Å². The van der Waals surface area contributed by atoms with Crippen molar-refractivity contribution in [3.05, 3.63) is 48.4 Å². The zero-order chi connectivity index (χ0) is 21.6. The average molecular weight is 439 g/mol. The number of allylic oxidation sites excluding steroid dienone is 1. The second kappa shape index (κ2) is 7.74. The van der Waals surface area contributed by atoms with Crippen LogP contribution in [0.2, 0.25) is 0 Å². The molecule has 0 unspecified atom stereocenters. The van der Waals surface area contributed by atoms with Crippen LogP contribution in [0.25, 0.3) is 27.9 Å². The van der Waals surface area contributed by atoms with E-state index in [2.05, 4.69) is 36.4 Å². The minimum absolute atomic E-state index is 0.237. The molecular formula is C22H26N6O2S. The van der Waals surface area contributed by atoms with E-state index in [0.717, 1.165) is 46.9 Å². The molecule has 3 aromatic rings. The molecule has 1 fully saturated rings. The normalized spacial score (nSPS) is 19.1. The summed E-state index contributed by atoms with van der Waals surface area (Å²) in [5.41, 5.74) is 11.1. The van der Waals surface area contributed by atoms with Gasteiger partial charge >= 0.3 is 0 Å². The standard InChI is InChI=1S/C22H26N6O2S/c1-31(29,30)26-11-15-4-2-5-17(8-15)19-13-28(22-20(19)21(23)24-14-25-22)18-9-16(10-18)12-27-6-3-7-27/h2,4-5,8-9,13-14,16,26H,3,6-7,10-12H2,1H3,(H2,23,24,25)/t16-/m1/s1. The summed E-state index contributed by atoms with van der Waals surface area (Å²) in [4.78, 5) is 11.2. The van der Waals surface area contributed by atoms with E-state index < -0.39 is 10.0 Å². The first kappa shape index (κ1) is 20.2. The van der Waals surface area contributed by atoms with Gasteiger partial charge in [-0.05, 0) is 49.0 Å². The molecule has 2 aliphatic rings. The highest BCUT2D eigenvalue weighted by atomic mass is 32.2. The number of nitrogen functional groups attached to an aromatic ring is 1. The van der Waals surface area contributed by atoms with Crippen LogP contribution in [0.4, 0.5) is 5.82 Å². The summed E-state index contributed by atoms with van der Waals surface area (Å²) in [5.74, 6) is 1.02. The molecule has 0 bridgehead atoms. The van der Waals surface area contributed by atoms with Crippen LogP contribution in [0.15, 0.2) is 42.9 Å². The summed E-state index contributed by atoms with van der Waals surface area (Å²) < 4.78 is 27.6. The number of nitrogens with one attached hydrogen (secondary N) is 1. The van der Waals surface area contributed by atoms with Crippen molar-refractivity contribution >= 4 is 32.6 Å². The van der Waals surface area contributed by atoms with E-state index in [1.165, 1.54) is 31.5 Å². The summed E-state index contributed by atoms with van der Waals surface area (Å²) in [7, 11) is -3.26. The predicted molar refractivity (Wildman–Crippen MR) is 122 cm³/mol. The molecule has 0 saturated carbocycles. The molecule has 9 heteroatoms. The molecule has 1 aliphatic carbocycles. The van der Waals surface area contributed by atoms with Gasteiger partial charge in [0.1, 0.15) is 17.8 Å². The number of fused-ring (bicyclic) bond motifs is 1. The van der Waals surface area contributed by atoms with Gasteiger partial charge in [0.15, 0.2) is 0 Å². The number of likely N-dealkylation sites (tertiary alicyclic amines) is 1. The topological polar surface area (TPSA) is 106 Å². The Kier molecular flexibility index (Phi) is 5.04. The van der Waals surface area contributed by atoms with Gasteiger partial charge in [-0.1, -0.05) is 24.3 Å². The SMILES string of the molecule is CS(=O)(=O)NCc1cccc(-c2cn(C3=C[C@@H](CN4CCC4)C3)c3ncnc(N)c23)c1. The third kappa shape index (κ3) is 4.08. The molecule has 0 amide bonds. The highest BCUT2D eigenvalue weighted by molar-refractivity contribution is 7.88. The van der Waals surface area contributed by atoms with Gasteiger partial charge in [0, 0.05) is 30.5 Å². The van der Waals surface area contributed by atoms with Crippen LogP contribution >= 0.6 is 0 Å². The molecule has 1 atom stereocenters. The number of rotatable bonds is 7. The summed E-state index contributed by atoms with van der Waals surface area (Å²) in [6.45, 7) is 3.79. The average Bonchev–Trinajstić information content (AvgIpc) is 3.04. The molecule has 1 aromatic carbocycles. The van der Waals surface area contributed by atoms with Crippen LogP contribution in [0.3, 0.4) is 0 Å². The van der Waals surface area contributed by atoms with Gasteiger partial charge in [-0.2, -0.15) is 0 Å². The molecular weight excluding hydrogens is 412 g/mol. The van der Waals surface area contributed by atoms with Crippen molar-refractivity contribution in [1.29, 1.82) is 0 Å². The van der Waals surface area contributed by atoms with Crippen molar-refractivity contribution in [3.63, 3.8) is 0 Å². The molecule has 0 spiro atoms. The Bertz CT molecular complexity index is 1280. The van der Waals surface area contributed by atoms with Crippen molar-refractivity contribution in [3.8, 4) is 11.1 Å². The highest BCUT2D eigenvalue weighted by Gasteiger charge is 2.27. The van der Waals surface area contributed by atoms with E-state index in [1.54, 1.807) is 0 Å². The fourth-order valence-electron chi connectivity index (χ4n) is 4.29. The molecule has 1 aliphatic heterocycles. The third-order valence-electron chi connectivity index (χ3n) is 6.04. The number of benzene rings is 1. The Morgan fingerprint density at radius 3 is 2.77 bits per heavy atom. The van der Waals surface area contributed by atoms with E-state index in [9.17, 15) is 8.42 Å². The predicted octanol–water partition coefficient (Wildman–Crippen LogP) is 2.30. The number of nitrogens with zero attached hydrogens (tertiary/aromatic N) is 4. The Morgan fingerprint density at radius 1 is 1.26 bits per heavy atom. The van der Waals surface area contributed by atoms with Crippen molar-refractivity contribution in [1.82, 2.24) is 24.2 Å². The fraction of sp³-hybridized carbons (Fsp3) is 0.364. The van der Waals surface area contributed by atoms with Crippen LogP contribution in [-0.2, 0) is 16.6 Å². The molecule has 2 aromatic heterocycles. The molecule has 8 nitrogen and oxygen atoms in total. The zero-order valence-corrected chi connectivity index (χ0v) is 18.3. The second-order valence-electron chi connectivity index (χ2n) is 8.44. The maximum absolute atomic E-state index is 11.5. The molecule has 1 saturated heterocycles. The lowest BCUT2D eigenvalue weighted by Gasteiger charge is -2.36. The lowest BCUT2D eigenvalue weighted by molar-refractivity contribution is 0.161. The van der Waals surface area contributed by atoms with Crippen LogP contribution in [-0.4, -0.2) is 53.7 Å². The van der Waals surface area contributed by atoms with Gasteiger partial charge < -0.3 is 15.2 Å². The van der Waals surface area contributed by atoms with Gasteiger partial charge in [0.25, 0.3) is 0 Å². The van der Waals surface area contributed by atoms with Gasteiger partial charge in [-0.25, -0.2) is 23.1 Å². The number of aromatic nitrogens is 3. The van der Waals surface area contributed by atoms with Crippen LogP contribution < -0.4 is 10.5 Å². The largest absolute Gasteiger partial charge is 0.383 e. The second-order valence-corrected chi connectivity index (χ2v) is 10.3.